The standard InChI is InChI=1S/C32H42N2O3/c1-20(35)34-16-12-22(30(36)37)18-29(34)21-10-13-31(2)24(17-21)6-7-25-27-9-8-26(23-5-4-15-33-19-23)32(27,3)14-11-28(25)31/h4-6,8,15,19,21-22,25,27-29H,7,9-14,16-18H2,1-3H3,(H,36,37)/t21-,22?,25-,27-,28-,29?,31-,32+/m0/s1. The van der Waals surface area contributed by atoms with E-state index in [2.05, 4.69) is 43.1 Å². The highest BCUT2D eigenvalue weighted by atomic mass is 16.4. The SMILES string of the molecule is CC(=O)N1CCC(C(=O)O)CC1[C@H]1CC[C@@]2(C)C(=CC[C@@H]3[C@@H]2CC[C@]2(C)C(c4cccnc4)=CC[C@@H]32)C1. The molecule has 0 aromatic carbocycles. The lowest BCUT2D eigenvalue weighted by atomic mass is 9.46. The Morgan fingerprint density at radius 3 is 2.59 bits per heavy atom. The summed E-state index contributed by atoms with van der Waals surface area (Å²) >= 11 is 0. The average molecular weight is 503 g/mol. The fourth-order valence-electron chi connectivity index (χ4n) is 9.61. The fraction of sp³-hybridized carbons (Fsp3) is 0.656. The first kappa shape index (κ1) is 24.9. The Hall–Kier alpha value is -2.43. The maximum atomic E-state index is 12.5. The van der Waals surface area contributed by atoms with Gasteiger partial charge in [0.15, 0.2) is 0 Å². The Balaban J connectivity index is 1.23. The molecule has 1 aliphatic heterocycles. The molecule has 1 amide bonds. The predicted octanol–water partition coefficient (Wildman–Crippen LogP) is 6.37. The van der Waals surface area contributed by atoms with Crippen LogP contribution in [0.3, 0.4) is 0 Å². The first-order chi connectivity index (χ1) is 17.7. The highest BCUT2D eigenvalue weighted by molar-refractivity contribution is 5.75. The highest BCUT2D eigenvalue weighted by Gasteiger charge is 2.57. The lowest BCUT2D eigenvalue weighted by Crippen LogP contribution is -2.53. The van der Waals surface area contributed by atoms with Gasteiger partial charge in [-0.3, -0.25) is 14.6 Å². The van der Waals surface area contributed by atoms with Gasteiger partial charge in [0.25, 0.3) is 0 Å². The fourth-order valence-corrected chi connectivity index (χ4v) is 9.61. The van der Waals surface area contributed by atoms with Crippen LogP contribution in [0.4, 0.5) is 0 Å². The minimum Gasteiger partial charge on any atom is -0.481 e. The number of allylic oxidation sites excluding steroid dienone is 4. The van der Waals surface area contributed by atoms with E-state index in [1.165, 1.54) is 30.4 Å². The summed E-state index contributed by atoms with van der Waals surface area (Å²) in [4.78, 5) is 30.7. The second kappa shape index (κ2) is 9.10. The summed E-state index contributed by atoms with van der Waals surface area (Å²) in [5.41, 5.74) is 4.89. The van der Waals surface area contributed by atoms with Gasteiger partial charge < -0.3 is 10.0 Å². The third-order valence-corrected chi connectivity index (χ3v) is 11.6. The van der Waals surface area contributed by atoms with Crippen LogP contribution in [0, 0.1) is 40.4 Å². The molecule has 3 fully saturated rings. The van der Waals surface area contributed by atoms with Crippen LogP contribution in [0.1, 0.15) is 84.1 Å². The van der Waals surface area contributed by atoms with Crippen molar-refractivity contribution in [1.29, 1.82) is 0 Å². The van der Waals surface area contributed by atoms with E-state index in [1.54, 1.807) is 12.5 Å². The molecule has 2 unspecified atom stereocenters. The topological polar surface area (TPSA) is 70.5 Å². The highest BCUT2D eigenvalue weighted by Crippen LogP contribution is 2.66. The van der Waals surface area contributed by atoms with Crippen molar-refractivity contribution >= 4 is 17.4 Å². The lowest BCUT2D eigenvalue weighted by molar-refractivity contribution is -0.148. The molecule has 37 heavy (non-hydrogen) atoms. The molecule has 0 spiro atoms. The Morgan fingerprint density at radius 2 is 1.86 bits per heavy atom. The normalized spacial score (nSPS) is 41.1. The summed E-state index contributed by atoms with van der Waals surface area (Å²) in [6.45, 7) is 7.28. The van der Waals surface area contributed by atoms with Gasteiger partial charge >= 0.3 is 5.97 Å². The second-order valence-corrected chi connectivity index (χ2v) is 13.2. The summed E-state index contributed by atoms with van der Waals surface area (Å²) in [6, 6.07) is 4.35. The predicted molar refractivity (Wildman–Crippen MR) is 144 cm³/mol. The average Bonchev–Trinajstić information content (AvgIpc) is 3.25. The number of aromatic nitrogens is 1. The van der Waals surface area contributed by atoms with E-state index in [1.807, 2.05) is 17.3 Å². The quantitative estimate of drug-likeness (QED) is 0.488. The zero-order chi connectivity index (χ0) is 25.9. The van der Waals surface area contributed by atoms with Gasteiger partial charge in [-0.15, -0.1) is 0 Å². The monoisotopic (exact) mass is 502 g/mol. The van der Waals surface area contributed by atoms with Gasteiger partial charge in [0.2, 0.25) is 5.91 Å². The van der Waals surface area contributed by atoms with Crippen molar-refractivity contribution in [2.45, 2.75) is 84.6 Å². The van der Waals surface area contributed by atoms with Gasteiger partial charge in [-0.2, -0.15) is 0 Å². The molecule has 1 N–H and O–H groups in total. The van der Waals surface area contributed by atoms with Gasteiger partial charge in [-0.1, -0.05) is 37.6 Å². The van der Waals surface area contributed by atoms with Gasteiger partial charge in [-0.05, 0) is 109 Å². The first-order valence-corrected chi connectivity index (χ1v) is 14.5. The van der Waals surface area contributed by atoms with Gasteiger partial charge in [-0.25, -0.2) is 0 Å². The zero-order valence-electron chi connectivity index (χ0n) is 22.7. The van der Waals surface area contributed by atoms with Crippen LogP contribution in [-0.2, 0) is 9.59 Å². The maximum Gasteiger partial charge on any atom is 0.306 e. The molecule has 4 aliphatic carbocycles. The number of amides is 1. The third-order valence-electron chi connectivity index (χ3n) is 11.6. The molecule has 0 bridgehead atoms. The number of aliphatic carboxylic acids is 1. The molecular weight excluding hydrogens is 460 g/mol. The summed E-state index contributed by atoms with van der Waals surface area (Å²) in [5.74, 6) is 1.58. The molecule has 1 aromatic rings. The summed E-state index contributed by atoms with van der Waals surface area (Å²) in [5, 5.41) is 9.70. The van der Waals surface area contributed by atoms with Crippen LogP contribution in [0.15, 0.2) is 42.3 Å². The summed E-state index contributed by atoms with van der Waals surface area (Å²) in [6.07, 6.45) is 18.3. The van der Waals surface area contributed by atoms with Gasteiger partial charge in [0.1, 0.15) is 0 Å². The molecule has 5 nitrogen and oxygen atoms in total. The number of nitrogens with zero attached hydrogens (tertiary/aromatic N) is 2. The van der Waals surface area contributed by atoms with Gasteiger partial charge in [0.05, 0.1) is 5.92 Å². The minimum atomic E-state index is -0.699. The van der Waals surface area contributed by atoms with Crippen LogP contribution in [0.25, 0.3) is 5.57 Å². The van der Waals surface area contributed by atoms with Crippen molar-refractivity contribution in [1.82, 2.24) is 9.88 Å². The van der Waals surface area contributed by atoms with Crippen LogP contribution < -0.4 is 0 Å². The number of likely N-dealkylation sites (tertiary alicyclic amines) is 1. The van der Waals surface area contributed by atoms with E-state index in [0.717, 1.165) is 31.6 Å². The van der Waals surface area contributed by atoms with E-state index < -0.39 is 5.97 Å². The maximum absolute atomic E-state index is 12.5. The van der Waals surface area contributed by atoms with Crippen molar-refractivity contribution in [3.05, 3.63) is 47.8 Å². The van der Waals surface area contributed by atoms with Crippen molar-refractivity contribution < 1.29 is 14.7 Å². The van der Waals surface area contributed by atoms with Crippen molar-refractivity contribution in [2.24, 2.45) is 40.4 Å². The molecule has 1 aromatic heterocycles. The molecule has 6 rings (SSSR count). The molecule has 198 valence electrons. The molecule has 2 saturated carbocycles. The van der Waals surface area contributed by atoms with Crippen molar-refractivity contribution in [3.8, 4) is 0 Å². The number of carboxylic acids is 1. The number of pyridine rings is 1. The molecule has 2 heterocycles. The number of fused-ring (bicyclic) bond motifs is 5. The van der Waals surface area contributed by atoms with E-state index in [0.29, 0.717) is 37.1 Å². The van der Waals surface area contributed by atoms with Crippen molar-refractivity contribution in [3.63, 3.8) is 0 Å². The summed E-state index contributed by atoms with van der Waals surface area (Å²) in [7, 11) is 0. The van der Waals surface area contributed by atoms with E-state index in [4.69, 9.17) is 0 Å². The molecule has 5 heteroatoms. The second-order valence-electron chi connectivity index (χ2n) is 13.2. The Bertz CT molecular complexity index is 1140. The van der Waals surface area contributed by atoms with Crippen LogP contribution >= 0.6 is 0 Å². The van der Waals surface area contributed by atoms with Crippen LogP contribution in [0.2, 0.25) is 0 Å². The smallest absolute Gasteiger partial charge is 0.306 e. The van der Waals surface area contributed by atoms with Crippen molar-refractivity contribution in [2.75, 3.05) is 6.54 Å². The number of hydrogen-bond donors (Lipinski definition) is 1. The Labute approximate surface area is 221 Å². The van der Waals surface area contributed by atoms with Crippen LogP contribution in [0.5, 0.6) is 0 Å². The number of carboxylic acid groups (broad SMARTS) is 1. The van der Waals surface area contributed by atoms with Gasteiger partial charge in [0, 0.05) is 31.9 Å². The Morgan fingerprint density at radius 1 is 1.05 bits per heavy atom. The molecule has 5 aliphatic rings. The van der Waals surface area contributed by atoms with Crippen LogP contribution in [-0.4, -0.2) is 39.5 Å². The molecule has 8 atom stereocenters. The number of carbonyl (C=O) groups is 2. The van der Waals surface area contributed by atoms with E-state index >= 15 is 0 Å². The number of carbonyl (C=O) groups excluding carboxylic acids is 1. The molecule has 1 saturated heterocycles. The zero-order valence-corrected chi connectivity index (χ0v) is 22.7. The third kappa shape index (κ3) is 3.90. The lowest BCUT2D eigenvalue weighted by Gasteiger charge is -2.58. The minimum absolute atomic E-state index is 0.0613. The molecule has 0 radical (unpaired) electrons. The number of piperidine rings is 1. The molecular formula is C32H42N2O3. The van der Waals surface area contributed by atoms with E-state index in [-0.39, 0.29) is 28.7 Å². The number of hydrogen-bond acceptors (Lipinski definition) is 3. The Kier molecular flexibility index (Phi) is 6.12. The number of rotatable bonds is 3. The first-order valence-electron chi connectivity index (χ1n) is 14.5. The summed E-state index contributed by atoms with van der Waals surface area (Å²) < 4.78 is 0. The van der Waals surface area contributed by atoms with E-state index in [9.17, 15) is 14.7 Å². The largest absolute Gasteiger partial charge is 0.481 e.